The van der Waals surface area contributed by atoms with Crippen molar-refractivity contribution in [3.8, 4) is 11.9 Å². The molecule has 0 aliphatic heterocycles. The lowest BCUT2D eigenvalue weighted by molar-refractivity contribution is -0.121. The Morgan fingerprint density at radius 2 is 2.00 bits per heavy atom. The summed E-state index contributed by atoms with van der Waals surface area (Å²) < 4.78 is 32.4. The fourth-order valence-corrected chi connectivity index (χ4v) is 3.13. The van der Waals surface area contributed by atoms with Gasteiger partial charge in [0, 0.05) is 24.4 Å². The minimum atomic E-state index is -0.711. The molecule has 1 aliphatic carbocycles. The summed E-state index contributed by atoms with van der Waals surface area (Å²) in [6, 6.07) is 8.56. The number of rotatable bonds is 5. The highest BCUT2D eigenvalue weighted by molar-refractivity contribution is 5.78. The first-order valence-electron chi connectivity index (χ1n) is 8.79. The van der Waals surface area contributed by atoms with Crippen LogP contribution in [0.3, 0.4) is 0 Å². The number of carbonyl (C=O) groups is 1. The van der Waals surface area contributed by atoms with Crippen LogP contribution in [-0.2, 0) is 11.2 Å². The van der Waals surface area contributed by atoms with Crippen molar-refractivity contribution in [1.29, 1.82) is 5.26 Å². The van der Waals surface area contributed by atoms with Crippen LogP contribution in [0, 0.1) is 23.0 Å². The zero-order valence-electron chi connectivity index (χ0n) is 14.6. The lowest BCUT2D eigenvalue weighted by atomic mass is 9.92. The second-order valence-electron chi connectivity index (χ2n) is 6.57. The number of benzene rings is 1. The molecule has 140 valence electrons. The maximum absolute atomic E-state index is 13.6. The summed E-state index contributed by atoms with van der Waals surface area (Å²) in [7, 11) is 0. The van der Waals surface area contributed by atoms with Crippen molar-refractivity contribution in [3.63, 3.8) is 0 Å². The molecule has 1 saturated carbocycles. The van der Waals surface area contributed by atoms with Crippen LogP contribution in [-0.4, -0.2) is 23.0 Å². The van der Waals surface area contributed by atoms with Crippen molar-refractivity contribution in [2.45, 2.75) is 44.2 Å². The maximum atomic E-state index is 13.6. The second kappa shape index (κ2) is 8.58. The van der Waals surface area contributed by atoms with Gasteiger partial charge in [-0.3, -0.25) is 4.79 Å². The molecule has 1 aliphatic rings. The van der Waals surface area contributed by atoms with Gasteiger partial charge in [-0.1, -0.05) is 6.07 Å². The number of nitriles is 1. The van der Waals surface area contributed by atoms with Crippen LogP contribution in [0.15, 0.2) is 36.5 Å². The Morgan fingerprint density at radius 3 is 2.63 bits per heavy atom. The smallest absolute Gasteiger partial charge is 0.224 e. The van der Waals surface area contributed by atoms with E-state index in [0.717, 1.165) is 37.8 Å². The van der Waals surface area contributed by atoms with E-state index < -0.39 is 11.6 Å². The first-order valence-corrected chi connectivity index (χ1v) is 8.79. The molecule has 0 unspecified atom stereocenters. The van der Waals surface area contributed by atoms with Crippen LogP contribution in [0.25, 0.3) is 0 Å². The normalized spacial score (nSPS) is 19.1. The topological polar surface area (TPSA) is 75.0 Å². The largest absolute Gasteiger partial charge is 0.474 e. The van der Waals surface area contributed by atoms with Crippen molar-refractivity contribution in [3.05, 3.63) is 59.3 Å². The molecule has 1 N–H and O–H groups in total. The van der Waals surface area contributed by atoms with E-state index >= 15 is 0 Å². The molecule has 0 bridgehead atoms. The van der Waals surface area contributed by atoms with Gasteiger partial charge in [-0.2, -0.15) is 5.26 Å². The van der Waals surface area contributed by atoms with E-state index in [1.807, 2.05) is 6.07 Å². The lowest BCUT2D eigenvalue weighted by Gasteiger charge is -2.29. The second-order valence-corrected chi connectivity index (χ2v) is 6.57. The highest BCUT2D eigenvalue weighted by Crippen LogP contribution is 2.23. The molecule has 27 heavy (non-hydrogen) atoms. The zero-order chi connectivity index (χ0) is 19.2. The van der Waals surface area contributed by atoms with Gasteiger partial charge in [0.25, 0.3) is 0 Å². The Morgan fingerprint density at radius 1 is 1.22 bits per heavy atom. The van der Waals surface area contributed by atoms with Crippen molar-refractivity contribution in [2.75, 3.05) is 0 Å². The summed E-state index contributed by atoms with van der Waals surface area (Å²) in [6.45, 7) is 0. The molecule has 1 amide bonds. The lowest BCUT2D eigenvalue weighted by Crippen LogP contribution is -2.40. The van der Waals surface area contributed by atoms with E-state index in [4.69, 9.17) is 10.00 Å². The summed E-state index contributed by atoms with van der Waals surface area (Å²) in [6.07, 6.45) is 4.38. The number of carbonyl (C=O) groups excluding carboxylic acids is 1. The quantitative estimate of drug-likeness (QED) is 0.875. The van der Waals surface area contributed by atoms with Gasteiger partial charge >= 0.3 is 0 Å². The molecule has 3 rings (SSSR count). The van der Waals surface area contributed by atoms with E-state index in [0.29, 0.717) is 11.4 Å². The van der Waals surface area contributed by atoms with Crippen molar-refractivity contribution >= 4 is 5.91 Å². The van der Waals surface area contributed by atoms with E-state index in [1.165, 1.54) is 12.3 Å². The van der Waals surface area contributed by atoms with Gasteiger partial charge in [0.1, 0.15) is 23.8 Å². The molecule has 0 saturated heterocycles. The van der Waals surface area contributed by atoms with E-state index in [2.05, 4.69) is 10.3 Å². The number of halogens is 2. The molecule has 7 heteroatoms. The number of nitrogens with one attached hydrogen (secondary N) is 1. The third-order valence-corrected chi connectivity index (χ3v) is 4.56. The van der Waals surface area contributed by atoms with Crippen LogP contribution in [0.5, 0.6) is 5.88 Å². The van der Waals surface area contributed by atoms with Crippen LogP contribution in [0.4, 0.5) is 8.78 Å². The number of aromatic nitrogens is 1. The Bertz CT molecular complexity index is 841. The molecule has 0 spiro atoms. The third kappa shape index (κ3) is 5.23. The van der Waals surface area contributed by atoms with Crippen LogP contribution < -0.4 is 10.1 Å². The van der Waals surface area contributed by atoms with Gasteiger partial charge in [-0.15, -0.1) is 0 Å². The van der Waals surface area contributed by atoms with Crippen LogP contribution >= 0.6 is 0 Å². The number of pyridine rings is 1. The number of hydrogen-bond acceptors (Lipinski definition) is 4. The highest BCUT2D eigenvalue weighted by Gasteiger charge is 2.24. The average molecular weight is 371 g/mol. The number of nitrogens with zero attached hydrogens (tertiary/aromatic N) is 2. The van der Waals surface area contributed by atoms with E-state index in [1.54, 1.807) is 12.1 Å². The number of ether oxygens (including phenoxy) is 1. The maximum Gasteiger partial charge on any atom is 0.224 e. The van der Waals surface area contributed by atoms with E-state index in [9.17, 15) is 13.6 Å². The molecule has 0 atom stereocenters. The summed E-state index contributed by atoms with van der Waals surface area (Å²) in [4.78, 5) is 16.2. The SMILES string of the molecule is N#Cc1ccc(OC2CCC(NC(=O)Cc3ccc(F)cc3F)CC2)nc1. The number of amides is 1. The molecule has 5 nitrogen and oxygen atoms in total. The monoisotopic (exact) mass is 371 g/mol. The summed E-state index contributed by atoms with van der Waals surface area (Å²) >= 11 is 0. The molecule has 0 radical (unpaired) electrons. The van der Waals surface area contributed by atoms with Gasteiger partial charge in [0.05, 0.1) is 12.0 Å². The molecular weight excluding hydrogens is 352 g/mol. The molecule has 1 aromatic carbocycles. The van der Waals surface area contributed by atoms with Crippen LogP contribution in [0.2, 0.25) is 0 Å². The summed E-state index contributed by atoms with van der Waals surface area (Å²) in [5.74, 6) is -1.17. The first kappa shape index (κ1) is 18.8. The van der Waals surface area contributed by atoms with Crippen molar-refractivity contribution < 1.29 is 18.3 Å². The predicted molar refractivity (Wildman–Crippen MR) is 93.8 cm³/mol. The van der Waals surface area contributed by atoms with Gasteiger partial charge in [-0.05, 0) is 43.4 Å². The van der Waals surface area contributed by atoms with Crippen molar-refractivity contribution in [2.24, 2.45) is 0 Å². The van der Waals surface area contributed by atoms with Gasteiger partial charge in [0.2, 0.25) is 11.8 Å². The van der Waals surface area contributed by atoms with Gasteiger partial charge in [-0.25, -0.2) is 13.8 Å². The first-order chi connectivity index (χ1) is 13.0. The van der Waals surface area contributed by atoms with Crippen LogP contribution in [0.1, 0.15) is 36.8 Å². The summed E-state index contributed by atoms with van der Waals surface area (Å²) in [5.41, 5.74) is 0.657. The standard InChI is InChI=1S/C20H19F2N3O2/c21-15-3-2-14(18(22)10-15)9-19(26)25-16-4-6-17(7-5-16)27-20-8-1-13(11-23)12-24-20/h1-3,8,10,12,16-17H,4-7,9H2,(H,25,26). The Kier molecular flexibility index (Phi) is 5.97. The summed E-state index contributed by atoms with van der Waals surface area (Å²) in [5, 5.41) is 11.7. The Labute approximate surface area is 156 Å². The van der Waals surface area contributed by atoms with Gasteiger partial charge < -0.3 is 10.1 Å². The minimum Gasteiger partial charge on any atom is -0.474 e. The average Bonchev–Trinajstić information content (AvgIpc) is 2.66. The van der Waals surface area contributed by atoms with Crippen molar-refractivity contribution in [1.82, 2.24) is 10.3 Å². The Hall–Kier alpha value is -3.01. The molecule has 2 aromatic rings. The fourth-order valence-electron chi connectivity index (χ4n) is 3.13. The Balaban J connectivity index is 1.44. The minimum absolute atomic E-state index is 0.00753. The number of hydrogen-bond donors (Lipinski definition) is 1. The molecule has 1 aromatic heterocycles. The predicted octanol–water partition coefficient (Wildman–Crippen LogP) is 3.28. The van der Waals surface area contributed by atoms with E-state index in [-0.39, 0.29) is 30.0 Å². The highest BCUT2D eigenvalue weighted by atomic mass is 19.1. The molecule has 1 heterocycles. The zero-order valence-corrected chi connectivity index (χ0v) is 14.6. The van der Waals surface area contributed by atoms with Gasteiger partial charge in [0.15, 0.2) is 0 Å². The third-order valence-electron chi connectivity index (χ3n) is 4.56. The fraction of sp³-hybridized carbons (Fsp3) is 0.350. The molecular formula is C20H19F2N3O2. The molecule has 1 fully saturated rings.